The van der Waals surface area contributed by atoms with Crippen LogP contribution in [0.4, 0.5) is 0 Å². The number of hydrogen-bond donors (Lipinski definition) is 0. The summed E-state index contributed by atoms with van der Waals surface area (Å²) in [7, 11) is 0. The number of aromatic nitrogens is 3. The molecule has 0 radical (unpaired) electrons. The molecule has 0 N–H and O–H groups in total. The summed E-state index contributed by atoms with van der Waals surface area (Å²) < 4.78 is 10.2. The van der Waals surface area contributed by atoms with Crippen LogP contribution >= 0.6 is 11.8 Å². The zero-order chi connectivity index (χ0) is 14.6. The van der Waals surface area contributed by atoms with E-state index in [1.54, 1.807) is 39.2 Å². The Morgan fingerprint density at radius 2 is 2.25 bits per heavy atom. The molecule has 7 heteroatoms. The van der Waals surface area contributed by atoms with Crippen molar-refractivity contribution in [1.82, 2.24) is 15.1 Å². The highest BCUT2D eigenvalue weighted by atomic mass is 32.2. The van der Waals surface area contributed by atoms with Crippen LogP contribution in [0.15, 0.2) is 34.3 Å². The van der Waals surface area contributed by atoms with E-state index < -0.39 is 5.41 Å². The quantitative estimate of drug-likeness (QED) is 0.487. The number of hydrogen-bond acceptors (Lipinski definition) is 7. The molecule has 2 aromatic rings. The maximum atomic E-state index is 11.6. The van der Waals surface area contributed by atoms with Gasteiger partial charge >= 0.3 is 5.97 Å². The first kappa shape index (κ1) is 14.5. The highest BCUT2D eigenvalue weighted by Crippen LogP contribution is 2.22. The molecule has 0 aliphatic rings. The van der Waals surface area contributed by atoms with Gasteiger partial charge in [0, 0.05) is 18.0 Å². The maximum Gasteiger partial charge on any atom is 0.312 e. The molecule has 6 nitrogen and oxygen atoms in total. The summed E-state index contributed by atoms with van der Waals surface area (Å²) in [6.07, 6.45) is 3.32. The molecule has 0 atom stereocenters. The van der Waals surface area contributed by atoms with Crippen LogP contribution in [0.2, 0.25) is 0 Å². The lowest BCUT2D eigenvalue weighted by atomic mass is 9.98. The van der Waals surface area contributed by atoms with E-state index in [1.807, 2.05) is 6.07 Å². The Bertz CT molecular complexity index is 578. The molecule has 0 aliphatic carbocycles. The predicted molar refractivity (Wildman–Crippen MR) is 73.8 cm³/mol. The van der Waals surface area contributed by atoms with Crippen LogP contribution in [0, 0.1) is 5.41 Å². The van der Waals surface area contributed by atoms with Gasteiger partial charge in [-0.05, 0) is 44.7 Å². The van der Waals surface area contributed by atoms with Gasteiger partial charge in [0.2, 0.25) is 5.82 Å². The van der Waals surface area contributed by atoms with Crippen molar-refractivity contribution >= 4 is 17.7 Å². The monoisotopic (exact) mass is 293 g/mol. The van der Waals surface area contributed by atoms with E-state index in [-0.39, 0.29) is 11.9 Å². The lowest BCUT2D eigenvalue weighted by molar-refractivity contribution is -0.150. The molecule has 0 aromatic carbocycles. The third kappa shape index (κ3) is 3.80. The lowest BCUT2D eigenvalue weighted by Gasteiger charge is -2.15. The summed E-state index contributed by atoms with van der Waals surface area (Å²) in [4.78, 5) is 19.7. The zero-order valence-electron chi connectivity index (χ0n) is 11.5. The fourth-order valence-corrected chi connectivity index (χ4v) is 1.74. The minimum absolute atomic E-state index is 0.144. The molecule has 0 fully saturated rings. The van der Waals surface area contributed by atoms with E-state index in [4.69, 9.17) is 9.26 Å². The molecule has 0 bridgehead atoms. The third-order valence-electron chi connectivity index (χ3n) is 2.31. The summed E-state index contributed by atoms with van der Waals surface area (Å²) in [5.74, 6) is 0.338. The van der Waals surface area contributed by atoms with E-state index >= 15 is 0 Å². The molecular formula is C13H15N3O3S. The number of thioether (sulfide) groups is 1. The minimum Gasteiger partial charge on any atom is -0.454 e. The van der Waals surface area contributed by atoms with Gasteiger partial charge < -0.3 is 9.26 Å². The summed E-state index contributed by atoms with van der Waals surface area (Å²) in [6, 6.07) is 3.63. The van der Waals surface area contributed by atoms with E-state index in [1.165, 1.54) is 11.8 Å². The number of rotatable bonds is 4. The van der Waals surface area contributed by atoms with Crippen molar-refractivity contribution < 1.29 is 14.1 Å². The molecule has 0 saturated heterocycles. The van der Waals surface area contributed by atoms with Crippen LogP contribution in [-0.2, 0) is 9.53 Å². The number of ether oxygens (including phenoxy) is 1. The van der Waals surface area contributed by atoms with Gasteiger partial charge in [-0.1, -0.05) is 5.16 Å². The van der Waals surface area contributed by atoms with Gasteiger partial charge in [-0.15, -0.1) is 0 Å². The second-order valence-corrected chi connectivity index (χ2v) is 5.94. The zero-order valence-corrected chi connectivity index (χ0v) is 12.3. The van der Waals surface area contributed by atoms with E-state index in [9.17, 15) is 4.79 Å². The van der Waals surface area contributed by atoms with Crippen LogP contribution in [0.1, 0.15) is 20.8 Å². The van der Waals surface area contributed by atoms with Gasteiger partial charge in [-0.2, -0.15) is 4.98 Å². The van der Waals surface area contributed by atoms with Gasteiger partial charge in [-0.25, -0.2) is 0 Å². The smallest absolute Gasteiger partial charge is 0.312 e. The van der Waals surface area contributed by atoms with Crippen molar-refractivity contribution in [2.45, 2.75) is 26.0 Å². The van der Waals surface area contributed by atoms with Crippen molar-refractivity contribution in [3.05, 3.63) is 24.5 Å². The number of carbonyl (C=O) groups excluding carboxylic acids is 1. The first-order valence-corrected chi connectivity index (χ1v) is 6.99. The largest absolute Gasteiger partial charge is 0.454 e. The average Bonchev–Trinajstić information content (AvgIpc) is 2.87. The SMILES string of the molecule is CC(C)(C)C(=O)OCSc1nc(-c2cccnc2)no1. The van der Waals surface area contributed by atoms with Gasteiger partial charge in [0.05, 0.1) is 5.41 Å². The Morgan fingerprint density at radius 3 is 2.90 bits per heavy atom. The molecular weight excluding hydrogens is 278 g/mol. The van der Waals surface area contributed by atoms with Crippen molar-refractivity contribution in [1.29, 1.82) is 0 Å². The van der Waals surface area contributed by atoms with E-state index in [2.05, 4.69) is 15.1 Å². The first-order valence-electron chi connectivity index (χ1n) is 6.01. The Kier molecular flexibility index (Phi) is 4.39. The Morgan fingerprint density at radius 1 is 1.45 bits per heavy atom. The minimum atomic E-state index is -0.518. The van der Waals surface area contributed by atoms with Crippen molar-refractivity contribution in [3.63, 3.8) is 0 Å². The number of carbonyl (C=O) groups is 1. The Labute approximate surface area is 120 Å². The van der Waals surface area contributed by atoms with Gasteiger partial charge in [-0.3, -0.25) is 9.78 Å². The van der Waals surface area contributed by atoms with Crippen molar-refractivity contribution in [3.8, 4) is 11.4 Å². The molecule has 0 saturated carbocycles. The molecule has 2 aromatic heterocycles. The third-order valence-corrected chi connectivity index (χ3v) is 2.96. The summed E-state index contributed by atoms with van der Waals surface area (Å²) in [6.45, 7) is 5.40. The standard InChI is InChI=1S/C13H15N3O3S/c1-13(2,3)11(17)18-8-20-12-15-10(16-19-12)9-5-4-6-14-7-9/h4-7H,8H2,1-3H3. The summed E-state index contributed by atoms with van der Waals surface area (Å²) in [5.41, 5.74) is 0.255. The van der Waals surface area contributed by atoms with Crippen molar-refractivity contribution in [2.24, 2.45) is 5.41 Å². The van der Waals surface area contributed by atoms with E-state index in [0.29, 0.717) is 11.0 Å². The Hall–Kier alpha value is -1.89. The Balaban J connectivity index is 1.90. The van der Waals surface area contributed by atoms with Gasteiger partial charge in [0.15, 0.2) is 0 Å². The van der Waals surface area contributed by atoms with Crippen LogP contribution in [0.5, 0.6) is 0 Å². The lowest BCUT2D eigenvalue weighted by Crippen LogP contribution is -2.22. The number of nitrogens with zero attached hydrogens (tertiary/aromatic N) is 3. The summed E-state index contributed by atoms with van der Waals surface area (Å²) in [5, 5.41) is 4.20. The highest BCUT2D eigenvalue weighted by Gasteiger charge is 2.23. The fraction of sp³-hybridized carbons (Fsp3) is 0.385. The molecule has 0 unspecified atom stereocenters. The molecule has 0 spiro atoms. The molecule has 20 heavy (non-hydrogen) atoms. The molecule has 2 rings (SSSR count). The van der Waals surface area contributed by atoms with Gasteiger partial charge in [0.25, 0.3) is 5.22 Å². The molecule has 2 heterocycles. The van der Waals surface area contributed by atoms with Crippen LogP contribution in [-0.4, -0.2) is 27.0 Å². The van der Waals surface area contributed by atoms with E-state index in [0.717, 1.165) is 5.56 Å². The van der Waals surface area contributed by atoms with Crippen molar-refractivity contribution in [2.75, 3.05) is 5.94 Å². The van der Waals surface area contributed by atoms with Gasteiger partial charge in [0.1, 0.15) is 5.94 Å². The average molecular weight is 293 g/mol. The first-order chi connectivity index (χ1) is 9.47. The van der Waals surface area contributed by atoms with Crippen LogP contribution in [0.3, 0.4) is 0 Å². The molecule has 106 valence electrons. The topological polar surface area (TPSA) is 78.1 Å². The maximum absolute atomic E-state index is 11.6. The van der Waals surface area contributed by atoms with Crippen LogP contribution in [0.25, 0.3) is 11.4 Å². The second kappa shape index (κ2) is 6.04. The number of pyridine rings is 1. The molecule has 0 aliphatic heterocycles. The fourth-order valence-electron chi connectivity index (χ4n) is 1.23. The van der Waals surface area contributed by atoms with Crippen LogP contribution < -0.4 is 0 Å². The highest BCUT2D eigenvalue weighted by molar-refractivity contribution is 7.98. The molecule has 0 amide bonds. The summed E-state index contributed by atoms with van der Waals surface area (Å²) >= 11 is 1.18. The normalized spacial score (nSPS) is 11.3. The number of esters is 1. The second-order valence-electron chi connectivity index (χ2n) is 5.07. The predicted octanol–water partition coefficient (Wildman–Crippen LogP) is 2.77.